The SMILES string of the molecule is Cc1noc(C)c1[C@@]1(NS(=O)(=O)c2cccc3ncccc23)CCC[C@H]1O. The first-order valence-electron chi connectivity index (χ1n) is 8.84. The fourth-order valence-corrected chi connectivity index (χ4v) is 5.82. The number of nitrogens with zero attached hydrogens (tertiary/aromatic N) is 2. The van der Waals surface area contributed by atoms with Crippen LogP contribution in [0.1, 0.15) is 36.3 Å². The smallest absolute Gasteiger partial charge is 0.242 e. The fourth-order valence-electron chi connectivity index (χ4n) is 4.17. The zero-order valence-corrected chi connectivity index (χ0v) is 16.0. The van der Waals surface area contributed by atoms with Crippen molar-refractivity contribution in [3.05, 3.63) is 53.5 Å². The van der Waals surface area contributed by atoms with Gasteiger partial charge in [-0.05, 0) is 57.4 Å². The Balaban J connectivity index is 1.87. The monoisotopic (exact) mass is 387 g/mol. The van der Waals surface area contributed by atoms with Crippen molar-refractivity contribution in [1.29, 1.82) is 0 Å². The quantitative estimate of drug-likeness (QED) is 0.713. The van der Waals surface area contributed by atoms with Crippen LogP contribution in [0.15, 0.2) is 45.9 Å². The first-order chi connectivity index (χ1) is 12.8. The van der Waals surface area contributed by atoms with E-state index in [0.717, 1.165) is 0 Å². The van der Waals surface area contributed by atoms with Gasteiger partial charge in [-0.1, -0.05) is 11.2 Å². The summed E-state index contributed by atoms with van der Waals surface area (Å²) in [6.07, 6.45) is 2.43. The molecule has 1 aliphatic rings. The maximum Gasteiger partial charge on any atom is 0.242 e. The van der Waals surface area contributed by atoms with E-state index in [1.165, 1.54) is 0 Å². The summed E-state index contributed by atoms with van der Waals surface area (Å²) in [5.41, 5.74) is 0.640. The summed E-state index contributed by atoms with van der Waals surface area (Å²) in [6, 6.07) is 8.41. The summed E-state index contributed by atoms with van der Waals surface area (Å²) >= 11 is 0. The third-order valence-corrected chi connectivity index (χ3v) is 6.88. The number of aromatic nitrogens is 2. The van der Waals surface area contributed by atoms with Gasteiger partial charge < -0.3 is 9.63 Å². The highest BCUT2D eigenvalue weighted by Gasteiger charge is 2.49. The molecule has 142 valence electrons. The van der Waals surface area contributed by atoms with Gasteiger partial charge in [0.15, 0.2) is 0 Å². The van der Waals surface area contributed by atoms with Gasteiger partial charge in [-0.3, -0.25) is 4.98 Å². The highest BCUT2D eigenvalue weighted by atomic mass is 32.2. The molecular weight excluding hydrogens is 366 g/mol. The van der Waals surface area contributed by atoms with E-state index in [4.69, 9.17) is 4.52 Å². The summed E-state index contributed by atoms with van der Waals surface area (Å²) in [6.45, 7) is 3.49. The molecule has 4 rings (SSSR count). The minimum absolute atomic E-state index is 0.137. The summed E-state index contributed by atoms with van der Waals surface area (Å²) in [4.78, 5) is 4.37. The highest BCUT2D eigenvalue weighted by molar-refractivity contribution is 7.89. The second-order valence-corrected chi connectivity index (χ2v) is 8.66. The van der Waals surface area contributed by atoms with E-state index in [2.05, 4.69) is 14.9 Å². The lowest BCUT2D eigenvalue weighted by molar-refractivity contribution is 0.0974. The largest absolute Gasteiger partial charge is 0.391 e. The Morgan fingerprint density at radius 2 is 2.07 bits per heavy atom. The Bertz CT molecular complexity index is 1080. The molecule has 1 aromatic carbocycles. The molecule has 2 atom stereocenters. The molecule has 2 heterocycles. The first-order valence-corrected chi connectivity index (χ1v) is 10.3. The van der Waals surface area contributed by atoms with Crippen LogP contribution in [0, 0.1) is 13.8 Å². The van der Waals surface area contributed by atoms with E-state index in [1.807, 2.05) is 0 Å². The second kappa shape index (κ2) is 6.40. The number of nitrogens with one attached hydrogen (secondary N) is 1. The zero-order chi connectivity index (χ0) is 19.2. The van der Waals surface area contributed by atoms with Gasteiger partial charge in [-0.15, -0.1) is 0 Å². The van der Waals surface area contributed by atoms with Crippen LogP contribution in [-0.2, 0) is 15.6 Å². The lowest BCUT2D eigenvalue weighted by Crippen LogP contribution is -2.51. The number of hydrogen-bond donors (Lipinski definition) is 2. The van der Waals surface area contributed by atoms with Crippen LogP contribution in [0.25, 0.3) is 10.9 Å². The van der Waals surface area contributed by atoms with Gasteiger partial charge in [-0.2, -0.15) is 4.72 Å². The van der Waals surface area contributed by atoms with Crippen LogP contribution in [-0.4, -0.2) is 29.8 Å². The van der Waals surface area contributed by atoms with Crippen LogP contribution in [0.2, 0.25) is 0 Å². The van der Waals surface area contributed by atoms with Crippen LogP contribution in [0.5, 0.6) is 0 Å². The van der Waals surface area contributed by atoms with Crippen molar-refractivity contribution in [3.63, 3.8) is 0 Å². The van der Waals surface area contributed by atoms with Crippen molar-refractivity contribution in [3.8, 4) is 0 Å². The summed E-state index contributed by atoms with van der Waals surface area (Å²) in [5, 5.41) is 15.3. The fraction of sp³-hybridized carbons (Fsp3) is 0.368. The molecule has 0 amide bonds. The lowest BCUT2D eigenvalue weighted by Gasteiger charge is -2.33. The van der Waals surface area contributed by atoms with Crippen molar-refractivity contribution in [2.45, 2.75) is 49.6 Å². The number of pyridine rings is 1. The molecule has 7 nitrogen and oxygen atoms in total. The molecule has 0 unspecified atom stereocenters. The molecule has 2 N–H and O–H groups in total. The van der Waals surface area contributed by atoms with Gasteiger partial charge >= 0.3 is 0 Å². The van der Waals surface area contributed by atoms with E-state index in [-0.39, 0.29) is 4.90 Å². The average Bonchev–Trinajstić information content (AvgIpc) is 3.16. The summed E-state index contributed by atoms with van der Waals surface area (Å²) in [7, 11) is -3.94. The Morgan fingerprint density at radius 3 is 2.74 bits per heavy atom. The van der Waals surface area contributed by atoms with Crippen molar-refractivity contribution in [1.82, 2.24) is 14.9 Å². The van der Waals surface area contributed by atoms with Crippen molar-refractivity contribution in [2.75, 3.05) is 0 Å². The molecule has 27 heavy (non-hydrogen) atoms. The molecule has 2 aromatic heterocycles. The van der Waals surface area contributed by atoms with E-state index in [9.17, 15) is 13.5 Å². The first kappa shape index (κ1) is 18.1. The van der Waals surface area contributed by atoms with Crippen LogP contribution in [0.3, 0.4) is 0 Å². The maximum atomic E-state index is 13.4. The van der Waals surface area contributed by atoms with Crippen molar-refractivity contribution < 1.29 is 18.0 Å². The van der Waals surface area contributed by atoms with Gasteiger partial charge in [0.05, 0.1) is 27.7 Å². The van der Waals surface area contributed by atoms with E-state index >= 15 is 0 Å². The topological polar surface area (TPSA) is 105 Å². The van der Waals surface area contributed by atoms with Gasteiger partial charge in [0, 0.05) is 17.1 Å². The van der Waals surface area contributed by atoms with Gasteiger partial charge in [0.25, 0.3) is 0 Å². The normalized spacial score (nSPS) is 23.1. The number of aliphatic hydroxyl groups excluding tert-OH is 1. The number of sulfonamides is 1. The highest BCUT2D eigenvalue weighted by Crippen LogP contribution is 2.43. The average molecular weight is 387 g/mol. The Hall–Kier alpha value is -2.29. The summed E-state index contributed by atoms with van der Waals surface area (Å²) in [5.74, 6) is 0.510. The predicted octanol–water partition coefficient (Wildman–Crippen LogP) is 2.56. The number of aliphatic hydroxyl groups is 1. The third kappa shape index (κ3) is 2.84. The molecule has 0 spiro atoms. The van der Waals surface area contributed by atoms with Crippen LogP contribution >= 0.6 is 0 Å². The number of rotatable bonds is 4. The standard InChI is InChI=1S/C19H21N3O4S/c1-12-18(13(2)26-21-12)19(10-4-9-17(19)23)22-27(24,25)16-8-3-7-15-14(16)6-5-11-20-15/h3,5-8,11,17,22-23H,4,9-10H2,1-2H3/t17-,19-/m1/s1. The maximum absolute atomic E-state index is 13.4. The van der Waals surface area contributed by atoms with Crippen LogP contribution < -0.4 is 4.72 Å². The molecule has 1 aliphatic carbocycles. The van der Waals surface area contributed by atoms with E-state index in [0.29, 0.717) is 47.2 Å². The summed E-state index contributed by atoms with van der Waals surface area (Å²) < 4.78 is 34.8. The Kier molecular flexibility index (Phi) is 4.29. The molecule has 0 saturated heterocycles. The molecule has 3 aromatic rings. The number of fused-ring (bicyclic) bond motifs is 1. The minimum atomic E-state index is -3.94. The van der Waals surface area contributed by atoms with Gasteiger partial charge in [-0.25, -0.2) is 8.42 Å². The molecule has 8 heteroatoms. The van der Waals surface area contributed by atoms with E-state index < -0.39 is 21.7 Å². The van der Waals surface area contributed by atoms with Crippen LogP contribution in [0.4, 0.5) is 0 Å². The lowest BCUT2D eigenvalue weighted by atomic mass is 9.86. The Morgan fingerprint density at radius 1 is 1.26 bits per heavy atom. The van der Waals surface area contributed by atoms with Crippen molar-refractivity contribution in [2.24, 2.45) is 0 Å². The zero-order valence-electron chi connectivity index (χ0n) is 15.1. The third-order valence-electron chi connectivity index (χ3n) is 5.31. The molecule has 0 radical (unpaired) electrons. The van der Waals surface area contributed by atoms with Gasteiger partial charge in [0.2, 0.25) is 10.0 Å². The second-order valence-electron chi connectivity index (χ2n) is 7.01. The number of hydrogen-bond acceptors (Lipinski definition) is 6. The molecule has 1 saturated carbocycles. The predicted molar refractivity (Wildman–Crippen MR) is 99.6 cm³/mol. The molecule has 0 aliphatic heterocycles. The molecular formula is C19H21N3O4S. The Labute approximate surface area is 157 Å². The van der Waals surface area contributed by atoms with Gasteiger partial charge in [0.1, 0.15) is 5.76 Å². The molecule has 1 fully saturated rings. The number of aryl methyl sites for hydroxylation is 2. The molecule has 0 bridgehead atoms. The van der Waals surface area contributed by atoms with E-state index in [1.54, 1.807) is 50.4 Å². The van der Waals surface area contributed by atoms with Crippen molar-refractivity contribution >= 4 is 20.9 Å². The number of benzene rings is 1. The minimum Gasteiger partial charge on any atom is -0.391 e.